The topological polar surface area (TPSA) is 130 Å². The second-order valence-corrected chi connectivity index (χ2v) is 12.1. The molecule has 0 fully saturated rings. The van der Waals surface area contributed by atoms with E-state index in [2.05, 4.69) is 19.2 Å². The fraction of sp³-hybridized carbons (Fsp3) is 0.323. The fourth-order valence-electron chi connectivity index (χ4n) is 3.72. The van der Waals surface area contributed by atoms with Crippen LogP contribution >= 0.6 is 34.0 Å². The number of rotatable bonds is 6. The van der Waals surface area contributed by atoms with Crippen LogP contribution in [0.5, 0.6) is 0 Å². The van der Waals surface area contributed by atoms with Gasteiger partial charge in [0, 0.05) is 17.7 Å². The van der Waals surface area contributed by atoms with E-state index in [1.54, 1.807) is 17.4 Å². The molecule has 0 radical (unpaired) electrons. The van der Waals surface area contributed by atoms with Gasteiger partial charge in [0.15, 0.2) is 5.78 Å². The normalized spacial score (nSPS) is 12.6. The van der Waals surface area contributed by atoms with E-state index >= 15 is 0 Å². The van der Waals surface area contributed by atoms with Crippen LogP contribution in [0, 0.1) is 17.2 Å². The smallest absolute Gasteiger partial charge is 1.00 e. The molecule has 0 aromatic carbocycles. The van der Waals surface area contributed by atoms with Crippen molar-refractivity contribution in [2.24, 2.45) is 5.92 Å². The number of ketones is 1. The van der Waals surface area contributed by atoms with E-state index in [0.29, 0.717) is 35.6 Å². The number of hydrogen-bond donors (Lipinski definition) is 1. The van der Waals surface area contributed by atoms with Gasteiger partial charge in [0.2, 0.25) is 0 Å². The van der Waals surface area contributed by atoms with Crippen LogP contribution in [0.25, 0.3) is 11.3 Å². The zero-order chi connectivity index (χ0) is 30.4. The van der Waals surface area contributed by atoms with E-state index < -0.39 is 0 Å². The van der Waals surface area contributed by atoms with Crippen molar-refractivity contribution >= 4 is 69.1 Å². The van der Waals surface area contributed by atoms with Gasteiger partial charge in [0.25, 0.3) is 5.91 Å². The Morgan fingerprint density at radius 3 is 1.98 bits per heavy atom. The summed E-state index contributed by atoms with van der Waals surface area (Å²) >= 11 is 4.55. The third-order valence-corrected chi connectivity index (χ3v) is 7.99. The van der Waals surface area contributed by atoms with Gasteiger partial charge < -0.3 is 11.5 Å². The van der Waals surface area contributed by atoms with Gasteiger partial charge in [0.1, 0.15) is 10.9 Å². The molecule has 1 N–H and O–H groups in total. The van der Waals surface area contributed by atoms with E-state index in [0.717, 1.165) is 26.6 Å². The molecule has 0 saturated carbocycles. The zero-order valence-corrected chi connectivity index (χ0v) is 28.5. The number of esters is 1. The molecule has 0 unspecified atom stereocenters. The summed E-state index contributed by atoms with van der Waals surface area (Å²) < 4.78 is 4.96. The maximum atomic E-state index is 12.3. The molecule has 3 aromatic rings. The van der Waals surface area contributed by atoms with E-state index in [1.807, 2.05) is 66.4 Å². The minimum atomic E-state index is -0.155. The predicted molar refractivity (Wildman–Crippen MR) is 167 cm³/mol. The van der Waals surface area contributed by atoms with Crippen LogP contribution in [0.2, 0.25) is 0 Å². The Labute approximate surface area is 288 Å². The SMILES string of the molecule is C.CC(C)CCC(=O)OC(C)C.N#Cc1cccs1.O=C1CC(c2cccs2)=C2C(=O)NC(c3cccs3)=C12.O=C=O.[H-].[Na+]. The third kappa shape index (κ3) is 12.7. The first-order valence-corrected chi connectivity index (χ1v) is 15.3. The molecule has 8 nitrogen and oxygen atoms in total. The zero-order valence-electron chi connectivity index (χ0n) is 25.1. The quantitative estimate of drug-likeness (QED) is 0.312. The number of fused-ring (bicyclic) bond motifs is 1. The summed E-state index contributed by atoms with van der Waals surface area (Å²) in [6.07, 6.45) is 2.07. The summed E-state index contributed by atoms with van der Waals surface area (Å²) in [6, 6.07) is 13.4. The first-order valence-electron chi connectivity index (χ1n) is 12.6. The van der Waals surface area contributed by atoms with Crippen LogP contribution in [0.15, 0.2) is 63.7 Å². The van der Waals surface area contributed by atoms with Crippen molar-refractivity contribution in [3.05, 3.63) is 78.3 Å². The van der Waals surface area contributed by atoms with E-state index in [4.69, 9.17) is 19.6 Å². The average molecular weight is 651 g/mol. The number of allylic oxidation sites excluding steroid dienone is 1. The molecule has 5 rings (SSSR count). The molecule has 224 valence electrons. The summed E-state index contributed by atoms with van der Waals surface area (Å²) in [7, 11) is 0. The number of hydrogen-bond acceptors (Lipinski definition) is 10. The predicted octanol–water partition coefficient (Wildman–Crippen LogP) is 4.24. The van der Waals surface area contributed by atoms with Crippen LogP contribution in [-0.2, 0) is 28.7 Å². The van der Waals surface area contributed by atoms with Crippen LogP contribution in [0.3, 0.4) is 0 Å². The summed E-state index contributed by atoms with van der Waals surface area (Å²) in [5.41, 5.74) is 2.68. The number of thiophene rings is 3. The van der Waals surface area contributed by atoms with Gasteiger partial charge in [-0.15, -0.1) is 34.0 Å². The van der Waals surface area contributed by atoms with Crippen molar-refractivity contribution in [1.82, 2.24) is 5.32 Å². The molecule has 12 heteroatoms. The van der Waals surface area contributed by atoms with Crippen molar-refractivity contribution in [3.8, 4) is 6.07 Å². The minimum Gasteiger partial charge on any atom is -1.00 e. The number of carbonyl (C=O) groups is 3. The first kappa shape index (κ1) is 40.1. The van der Waals surface area contributed by atoms with Gasteiger partial charge in [-0.3, -0.25) is 14.4 Å². The van der Waals surface area contributed by atoms with Crippen LogP contribution in [0.1, 0.15) is 70.4 Å². The number of nitrogens with zero attached hydrogens (tertiary/aromatic N) is 1. The largest absolute Gasteiger partial charge is 1.00 e. The molecule has 1 aliphatic carbocycles. The van der Waals surface area contributed by atoms with Gasteiger partial charge in [-0.1, -0.05) is 39.5 Å². The number of carbonyl (C=O) groups excluding carboxylic acids is 5. The third-order valence-electron chi connectivity index (χ3n) is 5.39. The number of Topliss-reactive ketones (excluding diaryl/α,β-unsaturated/α-hetero) is 1. The second kappa shape index (κ2) is 20.9. The second-order valence-electron chi connectivity index (χ2n) is 9.26. The summed E-state index contributed by atoms with van der Waals surface area (Å²) in [5, 5.41) is 16.8. The Balaban J connectivity index is 0. The van der Waals surface area contributed by atoms with E-state index in [-0.39, 0.29) is 68.3 Å². The van der Waals surface area contributed by atoms with Gasteiger partial charge in [-0.05, 0) is 66.1 Å². The Hall–Kier alpha value is -2.94. The maximum absolute atomic E-state index is 12.3. The first-order chi connectivity index (χ1) is 19.6. The summed E-state index contributed by atoms with van der Waals surface area (Å²) in [4.78, 5) is 54.5. The van der Waals surface area contributed by atoms with Crippen molar-refractivity contribution in [3.63, 3.8) is 0 Å². The van der Waals surface area contributed by atoms with Crippen molar-refractivity contribution < 1.29 is 59.7 Å². The van der Waals surface area contributed by atoms with E-state index in [9.17, 15) is 14.4 Å². The Bertz CT molecular complexity index is 1380. The number of ether oxygens (including phenoxy) is 1. The van der Waals surface area contributed by atoms with Crippen LogP contribution in [0.4, 0.5) is 0 Å². The minimum absolute atomic E-state index is 0. The van der Waals surface area contributed by atoms with Crippen molar-refractivity contribution in [1.29, 1.82) is 5.26 Å². The van der Waals surface area contributed by atoms with Crippen molar-refractivity contribution in [2.45, 2.75) is 60.5 Å². The average Bonchev–Trinajstić information content (AvgIpc) is 3.75. The molecular formula is C31H35N2NaO6S3. The van der Waals surface area contributed by atoms with Crippen LogP contribution in [-0.4, -0.2) is 29.9 Å². The number of nitrogens with one attached hydrogen (secondary N) is 1. The Morgan fingerprint density at radius 1 is 0.977 bits per heavy atom. The van der Waals surface area contributed by atoms with Crippen molar-refractivity contribution in [2.75, 3.05) is 0 Å². The van der Waals surface area contributed by atoms with Crippen LogP contribution < -0.4 is 34.9 Å². The Morgan fingerprint density at radius 2 is 1.53 bits per heavy atom. The molecule has 0 bridgehead atoms. The fourth-order valence-corrected chi connectivity index (χ4v) is 5.74. The molecule has 1 amide bonds. The van der Waals surface area contributed by atoms with Gasteiger partial charge in [-0.2, -0.15) is 14.9 Å². The monoisotopic (exact) mass is 650 g/mol. The molecule has 0 spiro atoms. The molecule has 0 saturated heterocycles. The molecular weight excluding hydrogens is 616 g/mol. The molecule has 2 aliphatic rings. The molecule has 4 heterocycles. The van der Waals surface area contributed by atoms with Gasteiger partial charge in [-0.25, -0.2) is 0 Å². The summed E-state index contributed by atoms with van der Waals surface area (Å²) in [6.45, 7) is 7.94. The molecule has 0 atom stereocenters. The van der Waals surface area contributed by atoms with Gasteiger partial charge in [0.05, 0.1) is 27.8 Å². The summed E-state index contributed by atoms with van der Waals surface area (Å²) in [5.74, 6) is 0.381. The number of nitriles is 1. The Kier molecular flexibility index (Phi) is 19.4. The molecule has 3 aromatic heterocycles. The molecule has 43 heavy (non-hydrogen) atoms. The van der Waals surface area contributed by atoms with E-state index in [1.165, 1.54) is 22.7 Å². The number of amides is 1. The standard InChI is InChI=1S/C15H9NO2S2.C9H18O2.C5H3NS.CO2.CH4.Na.H/c17-9-7-8(10-3-1-5-19-10)12-13(9)14(16-15(12)18)11-4-2-6-20-11;1-7(2)5-6-9(10)11-8(3)4;6-4-5-2-1-3-7-5;2-1-3;;;/h1-6H,7H2,(H,16,18);7-8H,5-6H2,1-4H3;1-3H;;1H4;;/q;;;;;+1;-1. The molecule has 1 aliphatic heterocycles. The van der Waals surface area contributed by atoms with Gasteiger partial charge >= 0.3 is 41.7 Å². The maximum Gasteiger partial charge on any atom is 1.00 e.